The molecule has 2 fully saturated rings. The number of hydrogen-bond donors (Lipinski definition) is 2. The molecule has 0 radical (unpaired) electrons. The zero-order valence-corrected chi connectivity index (χ0v) is 15.0. The molecule has 1 saturated heterocycles. The molecule has 1 aromatic rings. The molecule has 1 aliphatic carbocycles. The quantitative estimate of drug-likeness (QED) is 0.855. The third-order valence-corrected chi connectivity index (χ3v) is 5.63. The number of piperidine rings is 1. The van der Waals surface area contributed by atoms with Crippen molar-refractivity contribution in [3.05, 3.63) is 18.0 Å². The number of carbonyl (C=O) groups excluding carboxylic acids is 1. The summed E-state index contributed by atoms with van der Waals surface area (Å²) < 4.78 is 1.77. The van der Waals surface area contributed by atoms with Gasteiger partial charge in [0.15, 0.2) is 0 Å². The molecular weight excluding hydrogens is 304 g/mol. The van der Waals surface area contributed by atoms with Crippen LogP contribution in [0.4, 0.5) is 0 Å². The molecule has 1 atom stereocenters. The second-order valence-electron chi connectivity index (χ2n) is 7.72. The van der Waals surface area contributed by atoms with Crippen LogP contribution in [-0.4, -0.2) is 50.9 Å². The van der Waals surface area contributed by atoms with Crippen LogP contribution in [-0.2, 0) is 11.8 Å². The van der Waals surface area contributed by atoms with Gasteiger partial charge in [0.1, 0.15) is 0 Å². The zero-order valence-electron chi connectivity index (χ0n) is 15.0. The van der Waals surface area contributed by atoms with Crippen molar-refractivity contribution < 1.29 is 9.90 Å². The summed E-state index contributed by atoms with van der Waals surface area (Å²) in [6, 6.07) is 0.520. The first-order valence-corrected chi connectivity index (χ1v) is 9.15. The predicted molar refractivity (Wildman–Crippen MR) is 92.3 cm³/mol. The number of nitrogens with one attached hydrogen (secondary N) is 1. The molecule has 134 valence electrons. The zero-order chi connectivity index (χ0) is 17.3. The van der Waals surface area contributed by atoms with E-state index in [0.717, 1.165) is 44.3 Å². The Morgan fingerprint density at radius 1 is 1.33 bits per heavy atom. The molecule has 2 heterocycles. The Morgan fingerprint density at radius 3 is 2.50 bits per heavy atom. The standard InChI is InChI=1S/C18H30N4O2/c1-12(2)22-6-4-13(5-7-22)18(24)20-17(14-8-16(23)9-14)15-10-19-21(3)11-15/h10-14,16-17,23H,4-9H2,1-3H3,(H,20,24)/t14?,16?,17-/m1/s1. The molecule has 0 unspecified atom stereocenters. The molecular formula is C18H30N4O2. The Hall–Kier alpha value is -1.40. The van der Waals surface area contributed by atoms with Gasteiger partial charge in [-0.1, -0.05) is 0 Å². The SMILES string of the molecule is CC(C)N1CCC(C(=O)N[C@@H](c2cnn(C)c2)C2CC(O)C2)CC1. The van der Waals surface area contributed by atoms with E-state index < -0.39 is 0 Å². The van der Waals surface area contributed by atoms with Gasteiger partial charge in [0, 0.05) is 30.8 Å². The van der Waals surface area contributed by atoms with Crippen LogP contribution < -0.4 is 5.32 Å². The molecule has 1 amide bonds. The van der Waals surface area contributed by atoms with Crippen LogP contribution in [0.3, 0.4) is 0 Å². The summed E-state index contributed by atoms with van der Waals surface area (Å²) >= 11 is 0. The summed E-state index contributed by atoms with van der Waals surface area (Å²) in [7, 11) is 1.89. The molecule has 2 aliphatic rings. The van der Waals surface area contributed by atoms with E-state index in [1.807, 2.05) is 19.4 Å². The van der Waals surface area contributed by atoms with Crippen LogP contribution in [0.5, 0.6) is 0 Å². The van der Waals surface area contributed by atoms with Gasteiger partial charge in [0.05, 0.1) is 18.3 Å². The summed E-state index contributed by atoms with van der Waals surface area (Å²) in [6.45, 7) is 6.41. The van der Waals surface area contributed by atoms with Crippen molar-refractivity contribution in [1.29, 1.82) is 0 Å². The predicted octanol–water partition coefficient (Wildman–Crippen LogP) is 1.47. The number of hydrogen-bond acceptors (Lipinski definition) is 4. The number of aromatic nitrogens is 2. The lowest BCUT2D eigenvalue weighted by Gasteiger charge is -2.39. The highest BCUT2D eigenvalue weighted by molar-refractivity contribution is 5.79. The van der Waals surface area contributed by atoms with E-state index in [-0.39, 0.29) is 24.0 Å². The number of likely N-dealkylation sites (tertiary alicyclic amines) is 1. The topological polar surface area (TPSA) is 70.4 Å². The van der Waals surface area contributed by atoms with Crippen molar-refractivity contribution in [3.8, 4) is 0 Å². The molecule has 0 aromatic carbocycles. The Balaban J connectivity index is 1.61. The smallest absolute Gasteiger partial charge is 0.223 e. The van der Waals surface area contributed by atoms with Crippen molar-refractivity contribution in [1.82, 2.24) is 20.0 Å². The van der Waals surface area contributed by atoms with Crippen LogP contribution in [0.15, 0.2) is 12.4 Å². The molecule has 6 heteroatoms. The van der Waals surface area contributed by atoms with Crippen molar-refractivity contribution in [3.63, 3.8) is 0 Å². The van der Waals surface area contributed by atoms with E-state index in [1.165, 1.54) is 0 Å². The lowest BCUT2D eigenvalue weighted by atomic mass is 9.75. The highest BCUT2D eigenvalue weighted by Gasteiger charge is 2.37. The number of rotatable bonds is 5. The lowest BCUT2D eigenvalue weighted by Crippen LogP contribution is -2.46. The van der Waals surface area contributed by atoms with Gasteiger partial charge < -0.3 is 15.3 Å². The summed E-state index contributed by atoms with van der Waals surface area (Å²) in [5, 5.41) is 17.1. The summed E-state index contributed by atoms with van der Waals surface area (Å²) in [4.78, 5) is 15.2. The first-order valence-electron chi connectivity index (χ1n) is 9.15. The van der Waals surface area contributed by atoms with Gasteiger partial charge in [-0.3, -0.25) is 9.48 Å². The van der Waals surface area contributed by atoms with E-state index in [9.17, 15) is 9.90 Å². The van der Waals surface area contributed by atoms with E-state index >= 15 is 0 Å². The molecule has 1 saturated carbocycles. The van der Waals surface area contributed by atoms with E-state index in [0.29, 0.717) is 12.0 Å². The van der Waals surface area contributed by atoms with Gasteiger partial charge in [0.2, 0.25) is 5.91 Å². The third kappa shape index (κ3) is 3.81. The molecule has 1 aromatic heterocycles. The largest absolute Gasteiger partial charge is 0.393 e. The van der Waals surface area contributed by atoms with Crippen molar-refractivity contribution in [2.24, 2.45) is 18.9 Å². The van der Waals surface area contributed by atoms with Crippen LogP contribution >= 0.6 is 0 Å². The summed E-state index contributed by atoms with van der Waals surface area (Å²) in [6.07, 6.45) is 6.94. The normalized spacial score (nSPS) is 27.0. The highest BCUT2D eigenvalue weighted by Crippen LogP contribution is 2.38. The minimum Gasteiger partial charge on any atom is -0.393 e. The monoisotopic (exact) mass is 334 g/mol. The molecule has 1 aliphatic heterocycles. The number of aryl methyl sites for hydroxylation is 1. The van der Waals surface area contributed by atoms with Crippen LogP contribution in [0.2, 0.25) is 0 Å². The van der Waals surface area contributed by atoms with Crippen molar-refractivity contribution >= 4 is 5.91 Å². The number of nitrogens with zero attached hydrogens (tertiary/aromatic N) is 3. The number of amides is 1. The number of aliphatic hydroxyl groups is 1. The fourth-order valence-electron chi connectivity index (χ4n) is 3.93. The Labute approximate surface area is 144 Å². The first-order chi connectivity index (χ1) is 11.4. The maximum Gasteiger partial charge on any atom is 0.223 e. The van der Waals surface area contributed by atoms with Gasteiger partial charge in [-0.05, 0) is 58.5 Å². The first kappa shape index (κ1) is 17.4. The Bertz CT molecular complexity index is 557. The van der Waals surface area contributed by atoms with Crippen molar-refractivity contribution in [2.45, 2.75) is 57.7 Å². The van der Waals surface area contributed by atoms with Crippen LogP contribution in [0.25, 0.3) is 0 Å². The fraction of sp³-hybridized carbons (Fsp3) is 0.778. The van der Waals surface area contributed by atoms with E-state index in [2.05, 4.69) is 29.2 Å². The summed E-state index contributed by atoms with van der Waals surface area (Å²) in [5.41, 5.74) is 1.04. The molecule has 24 heavy (non-hydrogen) atoms. The lowest BCUT2D eigenvalue weighted by molar-refractivity contribution is -0.128. The van der Waals surface area contributed by atoms with Gasteiger partial charge in [0.25, 0.3) is 0 Å². The highest BCUT2D eigenvalue weighted by atomic mass is 16.3. The van der Waals surface area contributed by atoms with Crippen LogP contribution in [0.1, 0.15) is 51.1 Å². The van der Waals surface area contributed by atoms with Gasteiger partial charge in [-0.2, -0.15) is 5.10 Å². The Morgan fingerprint density at radius 2 is 2.00 bits per heavy atom. The average molecular weight is 334 g/mol. The molecule has 0 spiro atoms. The number of aliphatic hydroxyl groups excluding tert-OH is 1. The minimum atomic E-state index is -0.222. The van der Waals surface area contributed by atoms with Gasteiger partial charge in [-0.25, -0.2) is 0 Å². The maximum absolute atomic E-state index is 12.8. The maximum atomic E-state index is 12.8. The second-order valence-corrected chi connectivity index (χ2v) is 7.72. The van der Waals surface area contributed by atoms with Crippen LogP contribution in [0, 0.1) is 11.8 Å². The third-order valence-electron chi connectivity index (χ3n) is 5.63. The van der Waals surface area contributed by atoms with Gasteiger partial charge in [-0.15, -0.1) is 0 Å². The Kier molecular flexibility index (Phi) is 5.25. The van der Waals surface area contributed by atoms with Gasteiger partial charge >= 0.3 is 0 Å². The minimum absolute atomic E-state index is 0.0299. The average Bonchev–Trinajstić information content (AvgIpc) is 2.96. The summed E-state index contributed by atoms with van der Waals surface area (Å²) in [5.74, 6) is 0.571. The fourth-order valence-corrected chi connectivity index (χ4v) is 3.93. The molecule has 2 N–H and O–H groups in total. The van der Waals surface area contributed by atoms with Crippen molar-refractivity contribution in [2.75, 3.05) is 13.1 Å². The molecule has 6 nitrogen and oxygen atoms in total. The number of carbonyl (C=O) groups is 1. The van der Waals surface area contributed by atoms with E-state index in [1.54, 1.807) is 4.68 Å². The second kappa shape index (κ2) is 7.23. The van der Waals surface area contributed by atoms with E-state index in [4.69, 9.17) is 0 Å². The molecule has 3 rings (SSSR count). The molecule has 0 bridgehead atoms.